The molecule has 0 atom stereocenters. The first-order chi connectivity index (χ1) is 9.02. The molecular formula is C15H18N2OS. The van der Waals surface area contributed by atoms with E-state index in [1.807, 2.05) is 25.1 Å². The van der Waals surface area contributed by atoms with Gasteiger partial charge < -0.3 is 5.32 Å². The Bertz CT molecular complexity index is 532. The highest BCUT2D eigenvalue weighted by molar-refractivity contribution is 7.80. The second kappa shape index (κ2) is 5.53. The number of benzene rings is 1. The van der Waals surface area contributed by atoms with Crippen molar-refractivity contribution in [2.75, 3.05) is 6.54 Å². The van der Waals surface area contributed by atoms with Gasteiger partial charge in [-0.1, -0.05) is 38.1 Å². The number of hydrogen-bond acceptors (Lipinski definition) is 2. The van der Waals surface area contributed by atoms with Gasteiger partial charge in [-0.2, -0.15) is 0 Å². The Balaban J connectivity index is 2.22. The summed E-state index contributed by atoms with van der Waals surface area (Å²) in [6.07, 6.45) is 1.84. The maximum Gasteiger partial charge on any atom is 0.276 e. The van der Waals surface area contributed by atoms with E-state index in [1.54, 1.807) is 4.90 Å². The van der Waals surface area contributed by atoms with Crippen LogP contribution in [0.15, 0.2) is 30.0 Å². The molecule has 0 bridgehead atoms. The van der Waals surface area contributed by atoms with Crippen LogP contribution < -0.4 is 5.32 Å². The molecule has 1 N–H and O–H groups in total. The first-order valence-electron chi connectivity index (χ1n) is 6.47. The highest BCUT2D eigenvalue weighted by atomic mass is 32.1. The molecule has 0 aromatic heterocycles. The van der Waals surface area contributed by atoms with Gasteiger partial charge in [0.05, 0.1) is 0 Å². The number of carbonyl (C=O) groups is 1. The minimum absolute atomic E-state index is 0.0552. The van der Waals surface area contributed by atoms with Crippen LogP contribution in [0.1, 0.15) is 37.8 Å². The minimum Gasteiger partial charge on any atom is -0.328 e. The first-order valence-corrected chi connectivity index (χ1v) is 6.88. The van der Waals surface area contributed by atoms with Gasteiger partial charge >= 0.3 is 0 Å². The molecule has 0 spiro atoms. The molecule has 3 nitrogen and oxygen atoms in total. The Morgan fingerprint density at radius 2 is 1.95 bits per heavy atom. The number of likely N-dealkylation sites (N-methyl/N-ethyl adjacent to an activating group) is 1. The molecule has 0 unspecified atom stereocenters. The van der Waals surface area contributed by atoms with Crippen molar-refractivity contribution in [1.29, 1.82) is 0 Å². The van der Waals surface area contributed by atoms with Crippen molar-refractivity contribution in [1.82, 2.24) is 10.2 Å². The van der Waals surface area contributed by atoms with Crippen molar-refractivity contribution in [3.8, 4) is 0 Å². The summed E-state index contributed by atoms with van der Waals surface area (Å²) < 4.78 is 0. The molecule has 100 valence electrons. The van der Waals surface area contributed by atoms with E-state index in [1.165, 1.54) is 5.56 Å². The first kappa shape index (κ1) is 13.7. The molecular weight excluding hydrogens is 256 g/mol. The van der Waals surface area contributed by atoms with E-state index in [9.17, 15) is 4.79 Å². The average Bonchev–Trinajstić information content (AvgIpc) is 2.64. The predicted molar refractivity (Wildman–Crippen MR) is 81.6 cm³/mol. The normalized spacial score (nSPS) is 17.5. The fourth-order valence-electron chi connectivity index (χ4n) is 2.00. The Kier molecular flexibility index (Phi) is 4.00. The zero-order chi connectivity index (χ0) is 14.0. The van der Waals surface area contributed by atoms with Gasteiger partial charge in [0, 0.05) is 6.54 Å². The summed E-state index contributed by atoms with van der Waals surface area (Å²) in [5, 5.41) is 3.44. The molecule has 1 fully saturated rings. The van der Waals surface area contributed by atoms with E-state index in [0.29, 0.717) is 23.3 Å². The van der Waals surface area contributed by atoms with Crippen LogP contribution >= 0.6 is 12.2 Å². The molecule has 1 saturated heterocycles. The molecule has 1 aromatic carbocycles. The number of carbonyl (C=O) groups excluding carboxylic acids is 1. The van der Waals surface area contributed by atoms with E-state index in [4.69, 9.17) is 12.2 Å². The van der Waals surface area contributed by atoms with Crippen LogP contribution in [0.2, 0.25) is 0 Å². The standard InChI is InChI=1S/C15H18N2OS/c1-4-17-14(18)13(16-15(17)19)9-11-5-7-12(8-6-11)10(2)3/h5-10H,4H2,1-3H3,(H,16,19)/b13-9+. The van der Waals surface area contributed by atoms with E-state index in [2.05, 4.69) is 31.3 Å². The Hall–Kier alpha value is -1.68. The van der Waals surface area contributed by atoms with Crippen molar-refractivity contribution in [3.63, 3.8) is 0 Å². The third kappa shape index (κ3) is 2.84. The number of nitrogens with one attached hydrogen (secondary N) is 1. The number of rotatable bonds is 3. The highest BCUT2D eigenvalue weighted by Crippen LogP contribution is 2.18. The Labute approximate surface area is 119 Å². The average molecular weight is 274 g/mol. The molecule has 1 aromatic rings. The number of nitrogens with zero attached hydrogens (tertiary/aromatic N) is 1. The molecule has 1 aliphatic rings. The van der Waals surface area contributed by atoms with Crippen LogP contribution in [0.25, 0.3) is 6.08 Å². The van der Waals surface area contributed by atoms with Crippen molar-refractivity contribution in [2.45, 2.75) is 26.7 Å². The van der Waals surface area contributed by atoms with Gasteiger partial charge in [-0.3, -0.25) is 9.69 Å². The monoisotopic (exact) mass is 274 g/mol. The van der Waals surface area contributed by atoms with Gasteiger partial charge in [-0.25, -0.2) is 0 Å². The topological polar surface area (TPSA) is 32.3 Å². The van der Waals surface area contributed by atoms with E-state index in [-0.39, 0.29) is 5.91 Å². The summed E-state index contributed by atoms with van der Waals surface area (Å²) in [6.45, 7) is 6.82. The fraction of sp³-hybridized carbons (Fsp3) is 0.333. The van der Waals surface area contributed by atoms with Gasteiger partial charge in [-0.15, -0.1) is 0 Å². The van der Waals surface area contributed by atoms with E-state index in [0.717, 1.165) is 5.56 Å². The lowest BCUT2D eigenvalue weighted by atomic mass is 10.0. The van der Waals surface area contributed by atoms with Crippen LogP contribution in [0.5, 0.6) is 0 Å². The van der Waals surface area contributed by atoms with E-state index < -0.39 is 0 Å². The third-order valence-corrected chi connectivity index (χ3v) is 3.52. The van der Waals surface area contributed by atoms with Gasteiger partial charge in [0.15, 0.2) is 5.11 Å². The molecule has 2 rings (SSSR count). The molecule has 1 heterocycles. The van der Waals surface area contributed by atoms with Crippen molar-refractivity contribution >= 4 is 29.3 Å². The van der Waals surface area contributed by atoms with Crippen molar-refractivity contribution in [3.05, 3.63) is 41.1 Å². The fourth-order valence-corrected chi connectivity index (χ4v) is 2.32. The van der Waals surface area contributed by atoms with Crippen molar-refractivity contribution < 1.29 is 4.79 Å². The van der Waals surface area contributed by atoms with Crippen LogP contribution in [-0.4, -0.2) is 22.5 Å². The van der Waals surface area contributed by atoms with E-state index >= 15 is 0 Å². The predicted octanol–water partition coefficient (Wildman–Crippen LogP) is 2.89. The Morgan fingerprint density at radius 3 is 2.42 bits per heavy atom. The summed E-state index contributed by atoms with van der Waals surface area (Å²) >= 11 is 5.12. The molecule has 0 radical (unpaired) electrons. The summed E-state index contributed by atoms with van der Waals surface area (Å²) in [6, 6.07) is 8.22. The second-order valence-electron chi connectivity index (χ2n) is 4.86. The zero-order valence-corrected chi connectivity index (χ0v) is 12.3. The van der Waals surface area contributed by atoms with Crippen LogP contribution in [0, 0.1) is 0 Å². The second-order valence-corrected chi connectivity index (χ2v) is 5.25. The highest BCUT2D eigenvalue weighted by Gasteiger charge is 2.28. The summed E-state index contributed by atoms with van der Waals surface area (Å²) in [5.74, 6) is 0.455. The van der Waals surface area contributed by atoms with Gasteiger partial charge in [0.25, 0.3) is 5.91 Å². The Morgan fingerprint density at radius 1 is 1.32 bits per heavy atom. The maximum absolute atomic E-state index is 12.0. The lowest BCUT2D eigenvalue weighted by Crippen LogP contribution is -2.30. The quantitative estimate of drug-likeness (QED) is 0.679. The van der Waals surface area contributed by atoms with Crippen molar-refractivity contribution in [2.24, 2.45) is 0 Å². The summed E-state index contributed by atoms with van der Waals surface area (Å²) in [4.78, 5) is 13.6. The number of thiocarbonyl (C=S) groups is 1. The molecule has 4 heteroatoms. The van der Waals surface area contributed by atoms with Crippen LogP contribution in [-0.2, 0) is 4.79 Å². The zero-order valence-electron chi connectivity index (χ0n) is 11.4. The van der Waals surface area contributed by atoms with Crippen LogP contribution in [0.3, 0.4) is 0 Å². The number of hydrogen-bond donors (Lipinski definition) is 1. The summed E-state index contributed by atoms with van der Waals surface area (Å²) in [5.41, 5.74) is 2.84. The molecule has 1 amide bonds. The minimum atomic E-state index is -0.0552. The van der Waals surface area contributed by atoms with Crippen LogP contribution in [0.4, 0.5) is 0 Å². The van der Waals surface area contributed by atoms with Gasteiger partial charge in [-0.05, 0) is 42.3 Å². The lowest BCUT2D eigenvalue weighted by Gasteiger charge is -2.08. The molecule has 0 saturated carbocycles. The third-order valence-electron chi connectivity index (χ3n) is 3.19. The van der Waals surface area contributed by atoms with Gasteiger partial charge in [0.2, 0.25) is 0 Å². The molecule has 1 aliphatic heterocycles. The number of amides is 1. The lowest BCUT2D eigenvalue weighted by molar-refractivity contribution is -0.122. The SMILES string of the molecule is CCN1C(=O)/C(=C\c2ccc(C(C)C)cc2)NC1=S. The molecule has 19 heavy (non-hydrogen) atoms. The van der Waals surface area contributed by atoms with Gasteiger partial charge in [0.1, 0.15) is 5.70 Å². The smallest absolute Gasteiger partial charge is 0.276 e. The largest absolute Gasteiger partial charge is 0.328 e. The summed E-state index contributed by atoms with van der Waals surface area (Å²) in [7, 11) is 0. The molecule has 0 aliphatic carbocycles. The maximum atomic E-state index is 12.0.